The molecule has 3 heteroatoms. The van der Waals surface area contributed by atoms with Gasteiger partial charge in [0.15, 0.2) is 0 Å². The minimum Gasteiger partial charge on any atom is -0.378 e. The summed E-state index contributed by atoms with van der Waals surface area (Å²) in [5, 5.41) is 9.83. The Kier molecular flexibility index (Phi) is 8.66. The van der Waals surface area contributed by atoms with Crippen LogP contribution in [0.3, 0.4) is 0 Å². The quantitative estimate of drug-likeness (QED) is 0.144. The van der Waals surface area contributed by atoms with Crippen LogP contribution in [0.1, 0.15) is 33.4 Å². The summed E-state index contributed by atoms with van der Waals surface area (Å²) in [6, 6.07) is 48.8. The number of nitrogens with zero attached hydrogens (tertiary/aromatic N) is 3. The van der Waals surface area contributed by atoms with E-state index < -0.39 is 0 Å². The van der Waals surface area contributed by atoms with Crippen molar-refractivity contribution < 1.29 is 0 Å². The van der Waals surface area contributed by atoms with Crippen LogP contribution < -0.4 is 9.80 Å². The lowest BCUT2D eigenvalue weighted by Crippen LogP contribution is -2.09. The van der Waals surface area contributed by atoms with E-state index in [1.54, 1.807) is 0 Å². The first-order valence-electron chi connectivity index (χ1n) is 14.1. The largest absolute Gasteiger partial charge is 0.378 e. The van der Waals surface area contributed by atoms with Crippen molar-refractivity contribution in [3.05, 3.63) is 167 Å². The molecule has 0 bridgehead atoms. The smallest absolute Gasteiger partial charge is 0.0998 e. The molecule has 0 N–H and O–H groups in total. The van der Waals surface area contributed by atoms with Crippen molar-refractivity contribution >= 4 is 34.2 Å². The number of benzene rings is 5. The third-order valence-corrected chi connectivity index (χ3v) is 7.37. The van der Waals surface area contributed by atoms with Crippen molar-refractivity contribution in [1.29, 1.82) is 5.26 Å². The van der Waals surface area contributed by atoms with Crippen LogP contribution in [0.15, 0.2) is 133 Å². The number of allylic oxidation sites excluding steroid dienone is 1. The summed E-state index contributed by atoms with van der Waals surface area (Å²) in [6.45, 7) is 0. The molecular weight excluding hydrogens is 510 g/mol. The van der Waals surface area contributed by atoms with Crippen LogP contribution in [0.2, 0.25) is 0 Å². The highest BCUT2D eigenvalue weighted by Crippen LogP contribution is 2.38. The Balaban J connectivity index is 1.70. The molecule has 0 saturated heterocycles. The molecule has 5 aromatic rings. The van der Waals surface area contributed by atoms with Crippen molar-refractivity contribution in [3.63, 3.8) is 0 Å². The van der Waals surface area contributed by atoms with E-state index in [1.807, 2.05) is 36.4 Å². The van der Waals surface area contributed by atoms with Crippen LogP contribution in [0.25, 0.3) is 22.8 Å². The van der Waals surface area contributed by atoms with Gasteiger partial charge in [0.05, 0.1) is 11.6 Å². The Hall–Kier alpha value is -5.33. The van der Waals surface area contributed by atoms with E-state index in [-0.39, 0.29) is 0 Å². The molecule has 0 saturated carbocycles. The molecule has 42 heavy (non-hydrogen) atoms. The molecule has 0 amide bonds. The summed E-state index contributed by atoms with van der Waals surface area (Å²) < 4.78 is 0. The van der Waals surface area contributed by atoms with Gasteiger partial charge in [0.2, 0.25) is 0 Å². The van der Waals surface area contributed by atoms with Crippen molar-refractivity contribution in [1.82, 2.24) is 0 Å². The average Bonchev–Trinajstić information content (AvgIpc) is 3.04. The van der Waals surface area contributed by atoms with Gasteiger partial charge < -0.3 is 9.80 Å². The molecule has 0 aromatic heterocycles. The van der Waals surface area contributed by atoms with E-state index >= 15 is 0 Å². The second-order valence-corrected chi connectivity index (χ2v) is 10.7. The molecule has 0 heterocycles. The summed E-state index contributed by atoms with van der Waals surface area (Å²) in [6.07, 6.45) is 1.95. The van der Waals surface area contributed by atoms with Crippen LogP contribution in [-0.2, 0) is 0 Å². The molecule has 0 unspecified atom stereocenters. The fourth-order valence-corrected chi connectivity index (χ4v) is 5.08. The summed E-state index contributed by atoms with van der Waals surface area (Å²) in [7, 11) is 8.25. The molecule has 3 nitrogen and oxygen atoms in total. The molecule has 5 aromatic carbocycles. The van der Waals surface area contributed by atoms with E-state index in [2.05, 4.69) is 147 Å². The zero-order valence-corrected chi connectivity index (χ0v) is 24.6. The number of anilines is 2. The van der Waals surface area contributed by atoms with Gasteiger partial charge >= 0.3 is 0 Å². The average molecular weight is 546 g/mol. The van der Waals surface area contributed by atoms with Gasteiger partial charge in [0, 0.05) is 39.6 Å². The van der Waals surface area contributed by atoms with Gasteiger partial charge in [-0.3, -0.25) is 0 Å². The van der Waals surface area contributed by atoms with Gasteiger partial charge in [-0.1, -0.05) is 109 Å². The van der Waals surface area contributed by atoms with E-state index in [4.69, 9.17) is 0 Å². The van der Waals surface area contributed by atoms with E-state index in [0.717, 1.165) is 50.3 Å². The van der Waals surface area contributed by atoms with Gasteiger partial charge in [0.25, 0.3) is 0 Å². The standard InChI is InChI=1S/C39H35N3/c1-41(2)36-23-19-33(20-24-36)39(34-21-25-37(26-22-34)42(3)4)38(31-13-9-6-10-14-31)32-17-15-29(16-18-32)27-35(28-40)30-11-7-5-8-12-30/h5-27H,1-4H3/b35-27+. The molecule has 0 fully saturated rings. The van der Waals surface area contributed by atoms with Crippen molar-refractivity contribution in [2.75, 3.05) is 38.0 Å². The number of hydrogen-bond donors (Lipinski definition) is 0. The fourth-order valence-electron chi connectivity index (χ4n) is 5.08. The SMILES string of the molecule is CN(C)c1ccc(C(=C(c2ccccc2)c2ccc(/C=C(\C#N)c3ccccc3)cc2)c2ccc(N(C)C)cc2)cc1. The Morgan fingerprint density at radius 2 is 0.833 bits per heavy atom. The molecule has 0 atom stereocenters. The molecule has 0 aliphatic rings. The highest BCUT2D eigenvalue weighted by Gasteiger charge is 2.17. The summed E-state index contributed by atoms with van der Waals surface area (Å²) in [5.74, 6) is 0. The molecule has 0 aliphatic carbocycles. The zero-order valence-electron chi connectivity index (χ0n) is 24.6. The van der Waals surface area contributed by atoms with Gasteiger partial charge in [-0.25, -0.2) is 0 Å². The van der Waals surface area contributed by atoms with Crippen LogP contribution in [0.5, 0.6) is 0 Å². The summed E-state index contributed by atoms with van der Waals surface area (Å²) in [5.41, 5.74) is 11.7. The lowest BCUT2D eigenvalue weighted by molar-refractivity contribution is 1.13. The minimum absolute atomic E-state index is 0.643. The van der Waals surface area contributed by atoms with Crippen LogP contribution >= 0.6 is 0 Å². The zero-order chi connectivity index (χ0) is 29.5. The van der Waals surface area contributed by atoms with Crippen molar-refractivity contribution in [3.8, 4) is 6.07 Å². The molecule has 5 rings (SSSR count). The lowest BCUT2D eigenvalue weighted by atomic mass is 9.85. The highest BCUT2D eigenvalue weighted by atomic mass is 15.1. The third kappa shape index (κ3) is 6.35. The summed E-state index contributed by atoms with van der Waals surface area (Å²) in [4.78, 5) is 4.24. The van der Waals surface area contributed by atoms with Crippen molar-refractivity contribution in [2.24, 2.45) is 0 Å². The summed E-state index contributed by atoms with van der Waals surface area (Å²) >= 11 is 0. The number of rotatable bonds is 8. The van der Waals surface area contributed by atoms with Crippen molar-refractivity contribution in [2.45, 2.75) is 0 Å². The number of hydrogen-bond acceptors (Lipinski definition) is 3. The molecule has 0 spiro atoms. The number of nitriles is 1. The fraction of sp³-hybridized carbons (Fsp3) is 0.103. The molecule has 206 valence electrons. The van der Waals surface area contributed by atoms with E-state index in [0.29, 0.717) is 5.57 Å². The van der Waals surface area contributed by atoms with Crippen LogP contribution in [0.4, 0.5) is 11.4 Å². The minimum atomic E-state index is 0.643. The third-order valence-electron chi connectivity index (χ3n) is 7.37. The topological polar surface area (TPSA) is 30.3 Å². The van der Waals surface area contributed by atoms with Gasteiger partial charge in [-0.05, 0) is 74.9 Å². The Bertz CT molecular complexity index is 1670. The maximum Gasteiger partial charge on any atom is 0.0998 e. The van der Waals surface area contributed by atoms with E-state index in [9.17, 15) is 5.26 Å². The first-order valence-corrected chi connectivity index (χ1v) is 14.1. The second-order valence-electron chi connectivity index (χ2n) is 10.7. The highest BCUT2D eigenvalue weighted by molar-refractivity contribution is 6.05. The Morgan fingerprint density at radius 1 is 0.476 bits per heavy atom. The van der Waals surface area contributed by atoms with Gasteiger partial charge in [0.1, 0.15) is 0 Å². The normalized spacial score (nSPS) is 11.0. The van der Waals surface area contributed by atoms with Crippen LogP contribution in [-0.4, -0.2) is 28.2 Å². The second kappa shape index (κ2) is 12.9. The lowest BCUT2D eigenvalue weighted by Gasteiger charge is -2.20. The predicted molar refractivity (Wildman–Crippen MR) is 179 cm³/mol. The maximum atomic E-state index is 9.83. The monoisotopic (exact) mass is 545 g/mol. The van der Waals surface area contributed by atoms with Crippen LogP contribution in [0, 0.1) is 11.3 Å². The van der Waals surface area contributed by atoms with E-state index in [1.165, 1.54) is 5.57 Å². The predicted octanol–water partition coefficient (Wildman–Crippen LogP) is 8.89. The first kappa shape index (κ1) is 28.2. The molecule has 0 aliphatic heterocycles. The van der Waals surface area contributed by atoms with Gasteiger partial charge in [-0.15, -0.1) is 0 Å². The van der Waals surface area contributed by atoms with Gasteiger partial charge in [-0.2, -0.15) is 5.26 Å². The molecule has 0 radical (unpaired) electrons. The first-order chi connectivity index (χ1) is 20.4. The Morgan fingerprint density at radius 3 is 1.21 bits per heavy atom. The molecular formula is C39H35N3. The maximum absolute atomic E-state index is 9.83. The Labute approximate surface area is 249 Å².